The van der Waals surface area contributed by atoms with Gasteiger partial charge in [-0.15, -0.1) is 0 Å². The number of aromatic nitrogens is 4. The number of aliphatic hydroxyl groups excluding tert-OH is 2. The van der Waals surface area contributed by atoms with E-state index >= 15 is 0 Å². The van der Waals surface area contributed by atoms with Gasteiger partial charge in [0.05, 0.1) is 6.33 Å². The lowest BCUT2D eigenvalue weighted by Crippen LogP contribution is -2.30. The van der Waals surface area contributed by atoms with Crippen LogP contribution in [0.1, 0.15) is 37.5 Å². The van der Waals surface area contributed by atoms with Crippen molar-refractivity contribution in [1.29, 1.82) is 0 Å². The molecular formula is C22H24FN5O3. The highest BCUT2D eigenvalue weighted by Crippen LogP contribution is 2.33. The Kier molecular flexibility index (Phi) is 5.39. The molecule has 0 spiro atoms. The molecule has 0 unspecified atom stereocenters. The zero-order valence-corrected chi connectivity index (χ0v) is 16.8. The maximum atomic E-state index is 13.9. The largest absolute Gasteiger partial charge is 0.387 e. The molecule has 8 nitrogen and oxygen atoms in total. The number of imidazole rings is 1. The van der Waals surface area contributed by atoms with Crippen LogP contribution in [0.15, 0.2) is 43.0 Å². The van der Waals surface area contributed by atoms with Crippen molar-refractivity contribution in [2.24, 2.45) is 0 Å². The summed E-state index contributed by atoms with van der Waals surface area (Å²) in [5.41, 5.74) is 1.47. The summed E-state index contributed by atoms with van der Waals surface area (Å²) in [5, 5.41) is 24.5. The Hall–Kier alpha value is -2.88. The number of anilines is 1. The number of hydrogen-bond acceptors (Lipinski definition) is 7. The Morgan fingerprint density at radius 2 is 1.90 bits per heavy atom. The zero-order chi connectivity index (χ0) is 21.4. The molecule has 5 rings (SSSR count). The van der Waals surface area contributed by atoms with Crippen LogP contribution in [0.3, 0.4) is 0 Å². The number of halogens is 1. The van der Waals surface area contributed by atoms with Crippen LogP contribution in [-0.4, -0.2) is 54.1 Å². The molecule has 3 heterocycles. The number of nitrogens with one attached hydrogen (secondary N) is 1. The summed E-state index contributed by atoms with van der Waals surface area (Å²) in [5.74, 6) is 0.280. The second kappa shape index (κ2) is 8.33. The van der Waals surface area contributed by atoms with Gasteiger partial charge in [-0.2, -0.15) is 0 Å². The van der Waals surface area contributed by atoms with E-state index in [0.29, 0.717) is 28.6 Å². The zero-order valence-electron chi connectivity index (χ0n) is 16.8. The Balaban J connectivity index is 1.39. The molecule has 0 radical (unpaired) electrons. The lowest BCUT2D eigenvalue weighted by molar-refractivity contribution is -0.0243. The number of hydrogen-bond donors (Lipinski definition) is 3. The fraction of sp³-hybridized carbons (Fsp3) is 0.409. The third kappa shape index (κ3) is 3.80. The van der Waals surface area contributed by atoms with Gasteiger partial charge in [-0.05, 0) is 18.9 Å². The molecule has 2 aromatic heterocycles. The van der Waals surface area contributed by atoms with Gasteiger partial charge in [-0.1, -0.05) is 43.2 Å². The van der Waals surface area contributed by atoms with Gasteiger partial charge in [0, 0.05) is 11.6 Å². The highest BCUT2D eigenvalue weighted by atomic mass is 19.1. The van der Waals surface area contributed by atoms with Gasteiger partial charge in [-0.3, -0.25) is 4.57 Å². The van der Waals surface area contributed by atoms with Crippen LogP contribution in [0, 0.1) is 5.82 Å². The fourth-order valence-electron chi connectivity index (χ4n) is 4.29. The molecule has 0 amide bonds. The number of nitrogens with zero attached hydrogens (tertiary/aromatic N) is 4. The van der Waals surface area contributed by atoms with Crippen molar-refractivity contribution in [3.63, 3.8) is 0 Å². The molecule has 1 aliphatic heterocycles. The molecule has 9 heteroatoms. The molecule has 3 aromatic rings. The fourth-order valence-corrected chi connectivity index (χ4v) is 4.29. The predicted octanol–water partition coefficient (Wildman–Crippen LogP) is 2.65. The highest BCUT2D eigenvalue weighted by molar-refractivity contribution is 5.82. The number of benzene rings is 1. The molecule has 0 bridgehead atoms. The summed E-state index contributed by atoms with van der Waals surface area (Å²) < 4.78 is 21.4. The van der Waals surface area contributed by atoms with Gasteiger partial charge in [-0.25, -0.2) is 19.3 Å². The lowest BCUT2D eigenvalue weighted by Gasteiger charge is -2.17. The third-order valence-corrected chi connectivity index (χ3v) is 5.97. The summed E-state index contributed by atoms with van der Waals surface area (Å²) in [6.45, 7) is 0. The molecule has 2 aliphatic rings. The van der Waals surface area contributed by atoms with E-state index < -0.39 is 24.5 Å². The van der Waals surface area contributed by atoms with Crippen molar-refractivity contribution in [2.75, 3.05) is 5.32 Å². The average Bonchev–Trinajstić information content (AvgIpc) is 3.50. The van der Waals surface area contributed by atoms with E-state index in [-0.39, 0.29) is 5.82 Å². The number of fused-ring (bicyclic) bond motifs is 1. The first-order valence-corrected chi connectivity index (χ1v) is 10.5. The monoisotopic (exact) mass is 425 g/mol. The van der Waals surface area contributed by atoms with E-state index in [9.17, 15) is 14.6 Å². The number of ether oxygens (including phenoxy) is 1. The first-order valence-electron chi connectivity index (χ1n) is 10.5. The van der Waals surface area contributed by atoms with Crippen molar-refractivity contribution < 1.29 is 19.3 Å². The second-order valence-corrected chi connectivity index (χ2v) is 8.03. The van der Waals surface area contributed by atoms with Crippen molar-refractivity contribution in [3.05, 3.63) is 54.4 Å². The van der Waals surface area contributed by atoms with Gasteiger partial charge in [0.2, 0.25) is 0 Å². The molecule has 31 heavy (non-hydrogen) atoms. The van der Waals surface area contributed by atoms with Crippen LogP contribution in [0.2, 0.25) is 0 Å². The molecule has 4 atom stereocenters. The quantitative estimate of drug-likeness (QED) is 0.577. The van der Waals surface area contributed by atoms with Crippen molar-refractivity contribution in [1.82, 2.24) is 19.5 Å². The minimum absolute atomic E-state index is 0.367. The number of rotatable bonds is 5. The Bertz CT molecular complexity index is 1100. The molecule has 3 N–H and O–H groups in total. The van der Waals surface area contributed by atoms with Gasteiger partial charge in [0.25, 0.3) is 0 Å². The SMILES string of the molecule is O[C@@H]1[C@H](O)[C@@H](C=Cc2ccccc2F)O[C@H]1n1cnc2c(NC3CCCC3)ncnc21. The maximum Gasteiger partial charge on any atom is 0.167 e. The summed E-state index contributed by atoms with van der Waals surface area (Å²) in [6, 6.07) is 6.68. The van der Waals surface area contributed by atoms with Crippen molar-refractivity contribution in [2.45, 2.75) is 56.3 Å². The minimum atomic E-state index is -1.20. The van der Waals surface area contributed by atoms with E-state index in [1.807, 2.05) is 0 Å². The molecule has 1 saturated heterocycles. The third-order valence-electron chi connectivity index (χ3n) is 5.97. The van der Waals surface area contributed by atoms with Crippen LogP contribution in [-0.2, 0) is 4.74 Å². The summed E-state index contributed by atoms with van der Waals surface area (Å²) in [4.78, 5) is 13.1. The van der Waals surface area contributed by atoms with Crippen molar-refractivity contribution >= 4 is 23.1 Å². The van der Waals surface area contributed by atoms with Gasteiger partial charge in [0.15, 0.2) is 23.2 Å². The van der Waals surface area contributed by atoms with E-state index in [1.54, 1.807) is 28.8 Å². The molecular weight excluding hydrogens is 401 g/mol. The van der Waals surface area contributed by atoms with Crippen LogP contribution < -0.4 is 5.32 Å². The summed E-state index contributed by atoms with van der Waals surface area (Å²) in [6.07, 6.45) is 6.58. The van der Waals surface area contributed by atoms with E-state index in [0.717, 1.165) is 12.8 Å². The number of aliphatic hydroxyl groups is 2. The van der Waals surface area contributed by atoms with Crippen LogP contribution >= 0.6 is 0 Å². The van der Waals surface area contributed by atoms with Crippen LogP contribution in [0.4, 0.5) is 10.2 Å². The van der Waals surface area contributed by atoms with Gasteiger partial charge >= 0.3 is 0 Å². The Labute approximate surface area is 178 Å². The maximum absolute atomic E-state index is 13.9. The topological polar surface area (TPSA) is 105 Å². The van der Waals surface area contributed by atoms with Crippen LogP contribution in [0.5, 0.6) is 0 Å². The van der Waals surface area contributed by atoms with E-state index in [4.69, 9.17) is 4.74 Å². The summed E-state index contributed by atoms with van der Waals surface area (Å²) >= 11 is 0. The molecule has 2 fully saturated rings. The van der Waals surface area contributed by atoms with Crippen LogP contribution in [0.25, 0.3) is 17.2 Å². The molecule has 1 saturated carbocycles. The smallest absolute Gasteiger partial charge is 0.167 e. The van der Waals surface area contributed by atoms with Gasteiger partial charge < -0.3 is 20.3 Å². The molecule has 1 aliphatic carbocycles. The van der Waals surface area contributed by atoms with E-state index in [1.165, 1.54) is 37.6 Å². The predicted molar refractivity (Wildman–Crippen MR) is 113 cm³/mol. The van der Waals surface area contributed by atoms with E-state index in [2.05, 4.69) is 20.3 Å². The Morgan fingerprint density at radius 1 is 1.10 bits per heavy atom. The second-order valence-electron chi connectivity index (χ2n) is 8.03. The standard InChI is InChI=1S/C22H24FN5O3/c23-15-8-4-1-5-13(15)9-10-16-18(29)19(30)22(31-16)28-12-26-17-20(24-11-25-21(17)28)27-14-6-2-3-7-14/h1,4-5,8-12,14,16,18-19,22,29-30H,2-3,6-7H2,(H,24,25,27)/t16-,18-,19-,22-/m1/s1. The average molecular weight is 425 g/mol. The Morgan fingerprint density at radius 3 is 2.71 bits per heavy atom. The normalized spacial score (nSPS) is 26.9. The minimum Gasteiger partial charge on any atom is -0.387 e. The van der Waals surface area contributed by atoms with Gasteiger partial charge in [0.1, 0.15) is 30.5 Å². The first-order chi connectivity index (χ1) is 15.1. The summed E-state index contributed by atoms with van der Waals surface area (Å²) in [7, 11) is 0. The van der Waals surface area contributed by atoms with Crippen molar-refractivity contribution in [3.8, 4) is 0 Å². The highest BCUT2D eigenvalue weighted by Gasteiger charge is 2.43. The lowest BCUT2D eigenvalue weighted by atomic mass is 10.1. The first kappa shape index (κ1) is 20.0. The molecule has 1 aromatic carbocycles. The molecule has 162 valence electrons.